The van der Waals surface area contributed by atoms with Gasteiger partial charge in [0.05, 0.1) is 6.20 Å². The second-order valence-electron chi connectivity index (χ2n) is 6.74. The molecule has 0 fully saturated rings. The van der Waals surface area contributed by atoms with Crippen LogP contribution < -0.4 is 10.6 Å². The number of hydrogen-bond acceptors (Lipinski definition) is 2. The normalized spacial score (nSPS) is 11.8. The summed E-state index contributed by atoms with van der Waals surface area (Å²) < 4.78 is 1.80. The molecule has 0 bridgehead atoms. The van der Waals surface area contributed by atoms with E-state index in [0.717, 1.165) is 24.5 Å². The molecule has 0 saturated carbocycles. The largest absolute Gasteiger partial charge is 0.356 e. The van der Waals surface area contributed by atoms with E-state index in [9.17, 15) is 0 Å². The van der Waals surface area contributed by atoms with Crippen LogP contribution in [0.3, 0.4) is 0 Å². The van der Waals surface area contributed by atoms with E-state index in [-0.39, 0.29) is 29.4 Å². The van der Waals surface area contributed by atoms with Crippen LogP contribution in [0.15, 0.2) is 41.7 Å². The van der Waals surface area contributed by atoms with Gasteiger partial charge in [0.1, 0.15) is 0 Å². The van der Waals surface area contributed by atoms with Crippen molar-refractivity contribution >= 4 is 29.9 Å². The first-order valence-corrected chi connectivity index (χ1v) is 8.46. The summed E-state index contributed by atoms with van der Waals surface area (Å²) in [4.78, 5) is 4.30. The summed E-state index contributed by atoms with van der Waals surface area (Å²) in [6, 6.07) is 8.89. The minimum Gasteiger partial charge on any atom is -0.356 e. The van der Waals surface area contributed by atoms with Gasteiger partial charge < -0.3 is 10.6 Å². The quantitative estimate of drug-likeness (QED) is 0.400. The maximum absolute atomic E-state index is 4.30. The SMILES string of the molecule is CCc1ccc(C(C)(C)CNC(=NC)NCc2cnn(C)c2)cc1.I. The van der Waals surface area contributed by atoms with Crippen LogP contribution in [0, 0.1) is 0 Å². The Morgan fingerprint density at radius 1 is 1.16 bits per heavy atom. The zero-order valence-corrected chi connectivity index (χ0v) is 18.2. The monoisotopic (exact) mass is 455 g/mol. The number of nitrogens with one attached hydrogen (secondary N) is 2. The Hall–Kier alpha value is -1.57. The molecule has 0 spiro atoms. The number of aryl methyl sites for hydroxylation is 2. The number of aliphatic imine (C=N–C) groups is 1. The Kier molecular flexibility index (Phi) is 8.41. The molecule has 6 heteroatoms. The van der Waals surface area contributed by atoms with Crippen LogP contribution >= 0.6 is 24.0 Å². The van der Waals surface area contributed by atoms with Gasteiger partial charge in [-0.05, 0) is 17.5 Å². The molecule has 1 heterocycles. The van der Waals surface area contributed by atoms with Gasteiger partial charge in [0.25, 0.3) is 0 Å². The predicted octanol–water partition coefficient (Wildman–Crippen LogP) is 3.24. The maximum atomic E-state index is 4.30. The van der Waals surface area contributed by atoms with Gasteiger partial charge in [-0.25, -0.2) is 0 Å². The summed E-state index contributed by atoms with van der Waals surface area (Å²) in [5.74, 6) is 0.803. The van der Waals surface area contributed by atoms with Crippen LogP contribution in [-0.4, -0.2) is 29.3 Å². The van der Waals surface area contributed by atoms with E-state index in [2.05, 4.69) is 65.8 Å². The zero-order chi connectivity index (χ0) is 17.6. The second kappa shape index (κ2) is 9.79. The lowest BCUT2D eigenvalue weighted by Crippen LogP contribution is -2.43. The average molecular weight is 455 g/mol. The van der Waals surface area contributed by atoms with E-state index < -0.39 is 0 Å². The zero-order valence-electron chi connectivity index (χ0n) is 15.8. The van der Waals surface area contributed by atoms with Crippen molar-refractivity contribution < 1.29 is 0 Å². The van der Waals surface area contributed by atoms with Crippen LogP contribution in [0.1, 0.15) is 37.5 Å². The van der Waals surface area contributed by atoms with Gasteiger partial charge in [-0.2, -0.15) is 5.10 Å². The molecule has 138 valence electrons. The van der Waals surface area contributed by atoms with Crippen molar-refractivity contribution in [1.29, 1.82) is 0 Å². The van der Waals surface area contributed by atoms with Gasteiger partial charge in [0.2, 0.25) is 0 Å². The van der Waals surface area contributed by atoms with E-state index in [4.69, 9.17) is 0 Å². The molecule has 1 aromatic carbocycles. The number of benzene rings is 1. The number of rotatable bonds is 6. The van der Waals surface area contributed by atoms with Gasteiger partial charge in [-0.1, -0.05) is 45.0 Å². The smallest absolute Gasteiger partial charge is 0.191 e. The maximum Gasteiger partial charge on any atom is 0.191 e. The molecule has 0 saturated heterocycles. The molecule has 0 aliphatic rings. The summed E-state index contributed by atoms with van der Waals surface area (Å²) in [5.41, 5.74) is 3.86. The van der Waals surface area contributed by atoms with E-state index >= 15 is 0 Å². The number of nitrogens with zero attached hydrogens (tertiary/aromatic N) is 3. The Morgan fingerprint density at radius 2 is 1.84 bits per heavy atom. The highest BCUT2D eigenvalue weighted by molar-refractivity contribution is 14.0. The van der Waals surface area contributed by atoms with Crippen LogP contribution in [0.4, 0.5) is 0 Å². The molecule has 2 aromatic rings. The first kappa shape index (κ1) is 21.5. The van der Waals surface area contributed by atoms with Crippen molar-refractivity contribution in [1.82, 2.24) is 20.4 Å². The molecule has 1 aromatic heterocycles. The highest BCUT2D eigenvalue weighted by Crippen LogP contribution is 2.22. The number of guanidine groups is 1. The molecule has 2 N–H and O–H groups in total. The Labute approximate surface area is 168 Å². The van der Waals surface area contributed by atoms with Crippen molar-refractivity contribution in [2.45, 2.75) is 39.2 Å². The van der Waals surface area contributed by atoms with E-state index in [0.29, 0.717) is 6.54 Å². The number of hydrogen-bond donors (Lipinski definition) is 2. The molecule has 0 amide bonds. The third-order valence-corrected chi connectivity index (χ3v) is 4.28. The molecule has 5 nitrogen and oxygen atoms in total. The van der Waals surface area contributed by atoms with E-state index in [1.807, 2.05) is 19.4 Å². The predicted molar refractivity (Wildman–Crippen MR) is 116 cm³/mol. The molecule has 0 atom stereocenters. The van der Waals surface area contributed by atoms with Crippen molar-refractivity contribution in [2.75, 3.05) is 13.6 Å². The Balaban J connectivity index is 0.00000312. The lowest BCUT2D eigenvalue weighted by Gasteiger charge is -2.27. The number of halogens is 1. The van der Waals surface area contributed by atoms with Crippen molar-refractivity contribution in [3.05, 3.63) is 53.3 Å². The van der Waals surface area contributed by atoms with Gasteiger partial charge >= 0.3 is 0 Å². The molecular weight excluding hydrogens is 425 g/mol. The standard InChI is InChI=1S/C19H29N5.HI/c1-6-15-7-9-17(10-8-15)19(2,3)14-22-18(20-4)21-11-16-12-23-24(5)13-16;/h7-10,12-13H,6,11,14H2,1-5H3,(H2,20,21,22);1H. The van der Waals surface area contributed by atoms with Crippen molar-refractivity contribution in [3.63, 3.8) is 0 Å². The summed E-state index contributed by atoms with van der Waals surface area (Å²) in [6.45, 7) is 8.19. The fraction of sp³-hybridized carbons (Fsp3) is 0.474. The van der Waals surface area contributed by atoms with Crippen LogP contribution in [0.5, 0.6) is 0 Å². The molecular formula is C19H30IN5. The third kappa shape index (κ3) is 6.34. The highest BCUT2D eigenvalue weighted by Gasteiger charge is 2.20. The molecule has 0 aliphatic carbocycles. The molecule has 25 heavy (non-hydrogen) atoms. The van der Waals surface area contributed by atoms with Crippen LogP contribution in [0.25, 0.3) is 0 Å². The first-order valence-electron chi connectivity index (χ1n) is 8.46. The van der Waals surface area contributed by atoms with E-state index in [1.165, 1.54) is 11.1 Å². The van der Waals surface area contributed by atoms with Crippen molar-refractivity contribution in [3.8, 4) is 0 Å². The fourth-order valence-electron chi connectivity index (χ4n) is 2.57. The summed E-state index contributed by atoms with van der Waals surface area (Å²) >= 11 is 0. The van der Waals surface area contributed by atoms with Crippen LogP contribution in [0.2, 0.25) is 0 Å². The first-order chi connectivity index (χ1) is 11.4. The second-order valence-corrected chi connectivity index (χ2v) is 6.74. The Bertz CT molecular complexity index is 673. The van der Waals surface area contributed by atoms with Gasteiger partial charge in [-0.15, -0.1) is 24.0 Å². The third-order valence-electron chi connectivity index (χ3n) is 4.28. The van der Waals surface area contributed by atoms with Crippen LogP contribution in [-0.2, 0) is 25.4 Å². The van der Waals surface area contributed by atoms with Gasteiger partial charge in [-0.3, -0.25) is 9.67 Å². The summed E-state index contributed by atoms with van der Waals surface area (Å²) in [7, 11) is 3.71. The van der Waals surface area contributed by atoms with Gasteiger partial charge in [0.15, 0.2) is 5.96 Å². The Morgan fingerprint density at radius 3 is 2.36 bits per heavy atom. The topological polar surface area (TPSA) is 54.2 Å². The molecule has 0 unspecified atom stereocenters. The lowest BCUT2D eigenvalue weighted by molar-refractivity contribution is 0.508. The molecule has 2 rings (SSSR count). The lowest BCUT2D eigenvalue weighted by atomic mass is 9.84. The fourth-order valence-corrected chi connectivity index (χ4v) is 2.57. The molecule has 0 radical (unpaired) electrons. The highest BCUT2D eigenvalue weighted by atomic mass is 127. The summed E-state index contributed by atoms with van der Waals surface area (Å²) in [5, 5.41) is 10.9. The average Bonchev–Trinajstić information content (AvgIpc) is 3.00. The van der Waals surface area contributed by atoms with Crippen molar-refractivity contribution in [2.24, 2.45) is 12.0 Å². The molecule has 0 aliphatic heterocycles. The number of aromatic nitrogens is 2. The minimum absolute atomic E-state index is 0. The van der Waals surface area contributed by atoms with E-state index in [1.54, 1.807) is 11.7 Å². The minimum atomic E-state index is 0. The van der Waals surface area contributed by atoms with Gasteiger partial charge in [0, 0.05) is 44.4 Å². The summed E-state index contributed by atoms with van der Waals surface area (Å²) in [6.07, 6.45) is 4.93.